The number of halogens is 1. The SMILES string of the molecule is CCCC(=O)N(Cc1ccc(F)cc1)[C@@H](CC)C(=O)NC(C)(C)C. The van der Waals surface area contributed by atoms with Gasteiger partial charge in [-0.15, -0.1) is 0 Å². The number of amides is 2. The van der Waals surface area contributed by atoms with E-state index in [2.05, 4.69) is 5.32 Å². The molecular formula is C19H29FN2O2. The lowest BCUT2D eigenvalue weighted by Gasteiger charge is -2.33. The molecule has 0 heterocycles. The van der Waals surface area contributed by atoms with Gasteiger partial charge in [-0.3, -0.25) is 9.59 Å². The van der Waals surface area contributed by atoms with Crippen molar-refractivity contribution in [1.82, 2.24) is 10.2 Å². The highest BCUT2D eigenvalue weighted by Gasteiger charge is 2.30. The van der Waals surface area contributed by atoms with E-state index >= 15 is 0 Å². The standard InChI is InChI=1S/C19H29FN2O2/c1-6-8-17(23)22(13-14-9-11-15(20)12-10-14)16(7-2)18(24)21-19(3,4)5/h9-12,16H,6-8,13H2,1-5H3,(H,21,24)/t16-/m0/s1. The molecule has 5 heteroatoms. The van der Waals surface area contributed by atoms with E-state index in [1.807, 2.05) is 34.6 Å². The van der Waals surface area contributed by atoms with Crippen LogP contribution >= 0.6 is 0 Å². The summed E-state index contributed by atoms with van der Waals surface area (Å²) in [5.41, 5.74) is 0.447. The Morgan fingerprint density at radius 1 is 1.17 bits per heavy atom. The number of rotatable bonds is 7. The average Bonchev–Trinajstić information content (AvgIpc) is 2.47. The molecule has 134 valence electrons. The van der Waals surface area contributed by atoms with Crippen LogP contribution in [0.5, 0.6) is 0 Å². The zero-order chi connectivity index (χ0) is 18.3. The van der Waals surface area contributed by atoms with E-state index in [4.69, 9.17) is 0 Å². The van der Waals surface area contributed by atoms with Crippen molar-refractivity contribution < 1.29 is 14.0 Å². The highest BCUT2D eigenvalue weighted by molar-refractivity contribution is 5.88. The molecule has 0 aliphatic rings. The molecule has 0 aliphatic heterocycles. The van der Waals surface area contributed by atoms with Gasteiger partial charge in [0.2, 0.25) is 11.8 Å². The Morgan fingerprint density at radius 3 is 2.21 bits per heavy atom. The van der Waals surface area contributed by atoms with Crippen LogP contribution in [0.2, 0.25) is 0 Å². The van der Waals surface area contributed by atoms with Crippen molar-refractivity contribution in [3.8, 4) is 0 Å². The highest BCUT2D eigenvalue weighted by atomic mass is 19.1. The van der Waals surface area contributed by atoms with E-state index < -0.39 is 6.04 Å². The summed E-state index contributed by atoms with van der Waals surface area (Å²) >= 11 is 0. The van der Waals surface area contributed by atoms with Crippen LogP contribution in [0.1, 0.15) is 59.4 Å². The minimum Gasteiger partial charge on any atom is -0.350 e. The second-order valence-corrected chi connectivity index (χ2v) is 7.06. The Bertz CT molecular complexity index is 549. The van der Waals surface area contributed by atoms with Crippen molar-refractivity contribution >= 4 is 11.8 Å². The van der Waals surface area contributed by atoms with Gasteiger partial charge in [0.15, 0.2) is 0 Å². The van der Waals surface area contributed by atoms with Crippen molar-refractivity contribution in [2.75, 3.05) is 0 Å². The van der Waals surface area contributed by atoms with Crippen LogP contribution < -0.4 is 5.32 Å². The highest BCUT2D eigenvalue weighted by Crippen LogP contribution is 2.15. The Hall–Kier alpha value is -1.91. The lowest BCUT2D eigenvalue weighted by atomic mass is 10.0. The smallest absolute Gasteiger partial charge is 0.243 e. The maximum Gasteiger partial charge on any atom is 0.243 e. The molecule has 24 heavy (non-hydrogen) atoms. The Balaban J connectivity index is 3.03. The molecule has 4 nitrogen and oxygen atoms in total. The van der Waals surface area contributed by atoms with E-state index in [0.717, 1.165) is 12.0 Å². The maximum atomic E-state index is 13.1. The fourth-order valence-corrected chi connectivity index (χ4v) is 2.52. The Labute approximate surface area is 144 Å². The lowest BCUT2D eigenvalue weighted by Crippen LogP contribution is -2.53. The van der Waals surface area contributed by atoms with Gasteiger partial charge in [-0.25, -0.2) is 4.39 Å². The number of carbonyl (C=O) groups excluding carboxylic acids is 2. The van der Waals surface area contributed by atoms with Gasteiger partial charge in [0.05, 0.1) is 0 Å². The second-order valence-electron chi connectivity index (χ2n) is 7.06. The predicted octanol–water partition coefficient (Wildman–Crippen LogP) is 3.65. The van der Waals surface area contributed by atoms with E-state index in [1.54, 1.807) is 17.0 Å². The quantitative estimate of drug-likeness (QED) is 0.826. The Morgan fingerprint density at radius 2 is 1.75 bits per heavy atom. The zero-order valence-electron chi connectivity index (χ0n) is 15.4. The summed E-state index contributed by atoms with van der Waals surface area (Å²) in [5, 5.41) is 2.95. The first-order valence-electron chi connectivity index (χ1n) is 8.53. The summed E-state index contributed by atoms with van der Waals surface area (Å²) < 4.78 is 13.1. The molecule has 1 rings (SSSR count). The third-order valence-electron chi connectivity index (χ3n) is 3.61. The van der Waals surface area contributed by atoms with Crippen molar-refractivity contribution in [1.29, 1.82) is 0 Å². The molecule has 0 unspecified atom stereocenters. The second kappa shape index (κ2) is 8.81. The summed E-state index contributed by atoms with van der Waals surface area (Å²) in [6.07, 6.45) is 1.63. The third-order valence-corrected chi connectivity index (χ3v) is 3.61. The molecule has 0 saturated carbocycles. The summed E-state index contributed by atoms with van der Waals surface area (Å²) in [5.74, 6) is -0.531. The third kappa shape index (κ3) is 6.30. The number of carbonyl (C=O) groups is 2. The molecule has 1 aromatic carbocycles. The molecular weight excluding hydrogens is 307 g/mol. The van der Waals surface area contributed by atoms with Gasteiger partial charge in [0, 0.05) is 18.5 Å². The van der Waals surface area contributed by atoms with E-state index in [-0.39, 0.29) is 23.2 Å². The number of hydrogen-bond acceptors (Lipinski definition) is 2. The molecule has 0 spiro atoms. The van der Waals surface area contributed by atoms with Crippen molar-refractivity contribution in [2.24, 2.45) is 0 Å². The molecule has 0 aliphatic carbocycles. The van der Waals surface area contributed by atoms with Crippen molar-refractivity contribution in [2.45, 2.75) is 72.0 Å². The fourth-order valence-electron chi connectivity index (χ4n) is 2.52. The van der Waals surface area contributed by atoms with Crippen LogP contribution in [0.15, 0.2) is 24.3 Å². The van der Waals surface area contributed by atoms with Gasteiger partial charge >= 0.3 is 0 Å². The molecule has 0 saturated heterocycles. The van der Waals surface area contributed by atoms with Crippen molar-refractivity contribution in [3.05, 3.63) is 35.6 Å². The summed E-state index contributed by atoms with van der Waals surface area (Å²) in [4.78, 5) is 26.8. The van der Waals surface area contributed by atoms with Gasteiger partial charge in [-0.1, -0.05) is 26.0 Å². The summed E-state index contributed by atoms with van der Waals surface area (Å²) in [6, 6.07) is 5.50. The summed E-state index contributed by atoms with van der Waals surface area (Å²) in [7, 11) is 0. The van der Waals surface area contributed by atoms with E-state index in [0.29, 0.717) is 19.4 Å². The van der Waals surface area contributed by atoms with Crippen molar-refractivity contribution in [3.63, 3.8) is 0 Å². The minimum atomic E-state index is -0.534. The topological polar surface area (TPSA) is 49.4 Å². The Kier molecular flexibility index (Phi) is 7.39. The van der Waals surface area contributed by atoms with Crippen LogP contribution in [-0.4, -0.2) is 28.3 Å². The van der Waals surface area contributed by atoms with E-state index in [1.165, 1.54) is 12.1 Å². The normalized spacial score (nSPS) is 12.6. The largest absolute Gasteiger partial charge is 0.350 e. The molecule has 0 fully saturated rings. The first-order valence-corrected chi connectivity index (χ1v) is 8.53. The first kappa shape index (κ1) is 20.1. The minimum absolute atomic E-state index is 0.0577. The number of benzene rings is 1. The monoisotopic (exact) mass is 336 g/mol. The van der Waals surface area contributed by atoms with Gasteiger partial charge in [0.25, 0.3) is 0 Å². The van der Waals surface area contributed by atoms with Gasteiger partial charge < -0.3 is 10.2 Å². The molecule has 0 radical (unpaired) electrons. The average molecular weight is 336 g/mol. The molecule has 1 atom stereocenters. The molecule has 0 bridgehead atoms. The van der Waals surface area contributed by atoms with E-state index in [9.17, 15) is 14.0 Å². The number of hydrogen-bond donors (Lipinski definition) is 1. The van der Waals surface area contributed by atoms with Crippen LogP contribution in [0.4, 0.5) is 4.39 Å². The van der Waals surface area contributed by atoms with Crippen LogP contribution in [-0.2, 0) is 16.1 Å². The fraction of sp³-hybridized carbons (Fsp3) is 0.579. The molecule has 1 aromatic rings. The lowest BCUT2D eigenvalue weighted by molar-refractivity contribution is -0.142. The van der Waals surface area contributed by atoms with Crippen LogP contribution in [0, 0.1) is 5.82 Å². The van der Waals surface area contributed by atoms with Gasteiger partial charge in [-0.2, -0.15) is 0 Å². The van der Waals surface area contributed by atoms with Crippen LogP contribution in [0.25, 0.3) is 0 Å². The zero-order valence-corrected chi connectivity index (χ0v) is 15.4. The molecule has 0 aromatic heterocycles. The predicted molar refractivity (Wildman–Crippen MR) is 93.8 cm³/mol. The number of nitrogens with zero attached hydrogens (tertiary/aromatic N) is 1. The van der Waals surface area contributed by atoms with Crippen LogP contribution in [0.3, 0.4) is 0 Å². The number of nitrogens with one attached hydrogen (secondary N) is 1. The van der Waals surface area contributed by atoms with Gasteiger partial charge in [0.1, 0.15) is 11.9 Å². The van der Waals surface area contributed by atoms with Gasteiger partial charge in [-0.05, 0) is 51.3 Å². The first-order chi connectivity index (χ1) is 11.2. The molecule has 2 amide bonds. The maximum absolute atomic E-state index is 13.1. The summed E-state index contributed by atoms with van der Waals surface area (Å²) in [6.45, 7) is 9.87. The molecule has 1 N–H and O–H groups in total.